The molecule has 0 radical (unpaired) electrons. The van der Waals surface area contributed by atoms with E-state index < -0.39 is 6.10 Å². The molecule has 0 fully saturated rings. The van der Waals surface area contributed by atoms with Crippen molar-refractivity contribution in [2.45, 2.75) is 26.4 Å². The van der Waals surface area contributed by atoms with Crippen molar-refractivity contribution in [2.24, 2.45) is 5.73 Å². The molecule has 0 saturated heterocycles. The quantitative estimate of drug-likeness (QED) is 0.834. The number of aryl methyl sites for hydroxylation is 2. The van der Waals surface area contributed by atoms with Gasteiger partial charge in [-0.25, -0.2) is 0 Å². The Morgan fingerprint density at radius 2 is 1.83 bits per heavy atom. The Labute approximate surface area is 138 Å². The highest BCUT2D eigenvalue weighted by atomic mass is 16.5. The van der Waals surface area contributed by atoms with Crippen molar-refractivity contribution in [2.75, 3.05) is 13.2 Å². The molecule has 0 aromatic heterocycles. The summed E-state index contributed by atoms with van der Waals surface area (Å²) in [5, 5.41) is 9.97. The van der Waals surface area contributed by atoms with Crippen LogP contribution in [-0.4, -0.2) is 18.3 Å². The van der Waals surface area contributed by atoms with Gasteiger partial charge in [0, 0.05) is 5.56 Å². The SMILES string of the molecule is Cc1cccc(C)c1OCC#Cc1cccc([C@H](O)CCN)c1. The molecular formula is C20H23NO2. The monoisotopic (exact) mass is 309 g/mol. The smallest absolute Gasteiger partial charge is 0.149 e. The maximum absolute atomic E-state index is 9.97. The third-order valence-electron chi connectivity index (χ3n) is 3.64. The van der Waals surface area contributed by atoms with Crippen LogP contribution >= 0.6 is 0 Å². The number of hydrogen-bond acceptors (Lipinski definition) is 3. The van der Waals surface area contributed by atoms with Crippen molar-refractivity contribution in [1.82, 2.24) is 0 Å². The summed E-state index contributed by atoms with van der Waals surface area (Å²) in [6, 6.07) is 13.7. The number of hydrogen-bond donors (Lipinski definition) is 2. The molecule has 0 aliphatic heterocycles. The number of rotatable bonds is 5. The predicted molar refractivity (Wildman–Crippen MR) is 93.4 cm³/mol. The second-order valence-electron chi connectivity index (χ2n) is 5.53. The minimum Gasteiger partial charge on any atom is -0.480 e. The fourth-order valence-electron chi connectivity index (χ4n) is 2.42. The Morgan fingerprint density at radius 3 is 2.52 bits per heavy atom. The zero-order valence-corrected chi connectivity index (χ0v) is 13.7. The highest BCUT2D eigenvalue weighted by molar-refractivity contribution is 5.41. The van der Waals surface area contributed by atoms with Gasteiger partial charge < -0.3 is 15.6 Å². The van der Waals surface area contributed by atoms with Gasteiger partial charge in [0.15, 0.2) is 0 Å². The Hall–Kier alpha value is -2.28. The van der Waals surface area contributed by atoms with Gasteiger partial charge in [-0.15, -0.1) is 0 Å². The lowest BCUT2D eigenvalue weighted by molar-refractivity contribution is 0.170. The normalized spacial score (nSPS) is 11.5. The van der Waals surface area contributed by atoms with E-state index in [-0.39, 0.29) is 0 Å². The van der Waals surface area contributed by atoms with Gasteiger partial charge in [0.1, 0.15) is 12.4 Å². The minimum atomic E-state index is -0.535. The predicted octanol–water partition coefficient (Wildman–Crippen LogP) is 3.12. The molecule has 0 aliphatic carbocycles. The van der Waals surface area contributed by atoms with Crippen LogP contribution in [0.15, 0.2) is 42.5 Å². The molecule has 0 spiro atoms. The number of benzene rings is 2. The zero-order valence-electron chi connectivity index (χ0n) is 13.7. The standard InChI is InChI=1S/C20H23NO2/c1-15-6-3-7-16(2)20(15)23-13-5-9-17-8-4-10-18(14-17)19(22)11-12-21/h3-4,6-8,10,14,19,22H,11-13,21H2,1-2H3/t19-/m1/s1. The molecule has 0 amide bonds. The first-order chi connectivity index (χ1) is 11.1. The topological polar surface area (TPSA) is 55.5 Å². The van der Waals surface area contributed by atoms with E-state index in [9.17, 15) is 5.11 Å². The molecule has 0 aliphatic rings. The first kappa shape index (κ1) is 17.1. The average molecular weight is 309 g/mol. The molecule has 1 atom stereocenters. The molecule has 120 valence electrons. The summed E-state index contributed by atoms with van der Waals surface area (Å²) in [5.41, 5.74) is 9.41. The van der Waals surface area contributed by atoms with Crippen LogP contribution in [0.3, 0.4) is 0 Å². The minimum absolute atomic E-state index is 0.335. The molecule has 23 heavy (non-hydrogen) atoms. The highest BCUT2D eigenvalue weighted by Crippen LogP contribution is 2.22. The van der Waals surface area contributed by atoms with Crippen LogP contribution in [-0.2, 0) is 0 Å². The number of aliphatic hydroxyl groups is 1. The molecule has 3 heteroatoms. The van der Waals surface area contributed by atoms with Gasteiger partial charge >= 0.3 is 0 Å². The molecule has 2 rings (SSSR count). The van der Waals surface area contributed by atoms with Gasteiger partial charge in [0.25, 0.3) is 0 Å². The van der Waals surface area contributed by atoms with E-state index in [1.54, 1.807) is 0 Å². The lowest BCUT2D eigenvalue weighted by atomic mass is 10.0. The van der Waals surface area contributed by atoms with Crippen molar-refractivity contribution >= 4 is 0 Å². The van der Waals surface area contributed by atoms with Gasteiger partial charge in [0.2, 0.25) is 0 Å². The molecule has 0 unspecified atom stereocenters. The Bertz CT molecular complexity index is 693. The lowest BCUT2D eigenvalue weighted by Gasteiger charge is -2.09. The van der Waals surface area contributed by atoms with E-state index in [1.807, 2.05) is 56.3 Å². The van der Waals surface area contributed by atoms with E-state index in [4.69, 9.17) is 10.5 Å². The van der Waals surface area contributed by atoms with Crippen LogP contribution in [0.2, 0.25) is 0 Å². The lowest BCUT2D eigenvalue weighted by Crippen LogP contribution is -2.06. The van der Waals surface area contributed by atoms with Crippen molar-refractivity contribution in [3.8, 4) is 17.6 Å². The molecule has 0 heterocycles. The third kappa shape index (κ3) is 4.85. The van der Waals surface area contributed by atoms with Crippen LogP contribution < -0.4 is 10.5 Å². The van der Waals surface area contributed by atoms with E-state index in [1.165, 1.54) is 0 Å². The zero-order chi connectivity index (χ0) is 16.7. The number of aliphatic hydroxyl groups excluding tert-OH is 1. The van der Waals surface area contributed by atoms with Gasteiger partial charge in [-0.05, 0) is 55.6 Å². The summed E-state index contributed by atoms with van der Waals surface area (Å²) in [5.74, 6) is 7.00. The second-order valence-corrected chi connectivity index (χ2v) is 5.53. The molecule has 2 aromatic carbocycles. The second kappa shape index (κ2) is 8.38. The maximum Gasteiger partial charge on any atom is 0.149 e. The van der Waals surface area contributed by atoms with E-state index in [2.05, 4.69) is 11.8 Å². The Balaban J connectivity index is 2.01. The van der Waals surface area contributed by atoms with Crippen LogP contribution in [0.25, 0.3) is 0 Å². The molecule has 0 bridgehead atoms. The number of ether oxygens (including phenoxy) is 1. The van der Waals surface area contributed by atoms with Crippen molar-refractivity contribution in [3.05, 3.63) is 64.7 Å². The van der Waals surface area contributed by atoms with Crippen LogP contribution in [0, 0.1) is 25.7 Å². The van der Waals surface area contributed by atoms with Gasteiger partial charge in [-0.1, -0.05) is 42.2 Å². The summed E-state index contributed by atoms with van der Waals surface area (Å²) < 4.78 is 5.77. The van der Waals surface area contributed by atoms with Crippen LogP contribution in [0.4, 0.5) is 0 Å². The fraction of sp³-hybridized carbons (Fsp3) is 0.300. The van der Waals surface area contributed by atoms with Crippen LogP contribution in [0.5, 0.6) is 5.75 Å². The summed E-state index contributed by atoms with van der Waals surface area (Å²) in [6.07, 6.45) is 0.0136. The third-order valence-corrected chi connectivity index (χ3v) is 3.64. The van der Waals surface area contributed by atoms with Crippen molar-refractivity contribution < 1.29 is 9.84 Å². The van der Waals surface area contributed by atoms with Crippen molar-refractivity contribution in [1.29, 1.82) is 0 Å². The molecular weight excluding hydrogens is 286 g/mol. The largest absolute Gasteiger partial charge is 0.480 e. The summed E-state index contributed by atoms with van der Waals surface area (Å²) in [4.78, 5) is 0. The van der Waals surface area contributed by atoms with Gasteiger partial charge in [-0.2, -0.15) is 0 Å². The van der Waals surface area contributed by atoms with Gasteiger partial charge in [0.05, 0.1) is 6.10 Å². The summed E-state index contributed by atoms with van der Waals surface area (Å²) in [7, 11) is 0. The van der Waals surface area contributed by atoms with Crippen LogP contribution in [0.1, 0.15) is 34.8 Å². The van der Waals surface area contributed by atoms with Gasteiger partial charge in [-0.3, -0.25) is 0 Å². The summed E-state index contributed by atoms with van der Waals surface area (Å²) >= 11 is 0. The molecule has 3 N–H and O–H groups in total. The average Bonchev–Trinajstić information content (AvgIpc) is 2.54. The first-order valence-electron chi connectivity index (χ1n) is 7.78. The number of nitrogens with two attached hydrogens (primary N) is 1. The highest BCUT2D eigenvalue weighted by Gasteiger charge is 2.06. The van der Waals surface area contributed by atoms with Crippen molar-refractivity contribution in [3.63, 3.8) is 0 Å². The Morgan fingerprint density at radius 1 is 1.13 bits per heavy atom. The first-order valence-corrected chi connectivity index (χ1v) is 7.78. The maximum atomic E-state index is 9.97. The number of para-hydroxylation sites is 1. The molecule has 2 aromatic rings. The Kier molecular flexibility index (Phi) is 6.22. The van der Waals surface area contributed by atoms with E-state index >= 15 is 0 Å². The fourth-order valence-corrected chi connectivity index (χ4v) is 2.42. The van der Waals surface area contributed by atoms with E-state index in [0.717, 1.165) is 28.0 Å². The van der Waals surface area contributed by atoms with E-state index in [0.29, 0.717) is 19.6 Å². The summed E-state index contributed by atoms with van der Waals surface area (Å²) in [6.45, 7) is 4.85. The molecule has 3 nitrogen and oxygen atoms in total. The molecule has 0 saturated carbocycles.